The molecular weight excluding hydrogens is 434 g/mol. The van der Waals surface area contributed by atoms with Crippen LogP contribution < -0.4 is 10.5 Å². The van der Waals surface area contributed by atoms with Crippen molar-refractivity contribution in [1.29, 1.82) is 0 Å². The maximum atomic E-state index is 13.0. The van der Waals surface area contributed by atoms with Crippen molar-refractivity contribution >= 4 is 35.1 Å². The highest BCUT2D eigenvalue weighted by Gasteiger charge is 2.30. The maximum Gasteiger partial charge on any atom is 0.419 e. The molecule has 0 aliphatic carbocycles. The Kier molecular flexibility index (Phi) is 6.34. The highest BCUT2D eigenvalue weighted by atomic mass is 16.6. The fraction of sp³-hybridized carbons (Fsp3) is 0.476. The number of ether oxygens (including phenoxy) is 1. The minimum atomic E-state index is -1.71. The van der Waals surface area contributed by atoms with Crippen LogP contribution in [0.2, 0.25) is 0 Å². The number of pyridine rings is 1. The third kappa shape index (κ3) is 4.77. The van der Waals surface area contributed by atoms with Gasteiger partial charge in [0.25, 0.3) is 5.56 Å². The number of hydrogen-bond donors (Lipinski definition) is 2. The summed E-state index contributed by atoms with van der Waals surface area (Å²) in [4.78, 5) is 56.3. The molecule has 33 heavy (non-hydrogen) atoms. The fourth-order valence-corrected chi connectivity index (χ4v) is 3.51. The van der Waals surface area contributed by atoms with Crippen molar-refractivity contribution in [3.05, 3.63) is 22.1 Å². The Morgan fingerprint density at radius 3 is 2.30 bits per heavy atom. The van der Waals surface area contributed by atoms with Crippen molar-refractivity contribution in [2.75, 3.05) is 31.1 Å². The van der Waals surface area contributed by atoms with Gasteiger partial charge in [0, 0.05) is 26.2 Å². The molecule has 0 atom stereocenters. The average molecular weight is 459 g/mol. The van der Waals surface area contributed by atoms with Gasteiger partial charge in [0.1, 0.15) is 16.8 Å². The zero-order valence-corrected chi connectivity index (χ0v) is 18.8. The second-order valence-corrected chi connectivity index (χ2v) is 8.37. The molecule has 0 radical (unpaired) electrons. The van der Waals surface area contributed by atoms with Crippen molar-refractivity contribution in [3.8, 4) is 11.8 Å². The number of rotatable bonds is 3. The molecule has 3 rings (SSSR count). The standard InChI is InChI=1S/C21H25N5O7/c1-5-6-7-25-15-13(12-14(17(28)29)26(16(15)27)19(30)31)22-18(25)23-8-10-24(11-9-23)20(32)33-21(2,3)4/h12H,7-11H2,1-4H3,(H,28,29)(H,30,31). The van der Waals surface area contributed by atoms with Crippen molar-refractivity contribution in [2.45, 2.75) is 39.8 Å². The van der Waals surface area contributed by atoms with E-state index >= 15 is 0 Å². The number of carbonyl (C=O) groups excluding carboxylic acids is 1. The van der Waals surface area contributed by atoms with E-state index in [1.165, 1.54) is 4.57 Å². The summed E-state index contributed by atoms with van der Waals surface area (Å²) in [6, 6.07) is 1.06. The van der Waals surface area contributed by atoms with E-state index in [1.807, 2.05) is 4.90 Å². The Morgan fingerprint density at radius 1 is 1.15 bits per heavy atom. The quantitative estimate of drug-likeness (QED) is 0.652. The molecule has 0 saturated carbocycles. The first-order chi connectivity index (χ1) is 15.4. The molecule has 2 aromatic heterocycles. The zero-order chi connectivity index (χ0) is 24.5. The predicted octanol–water partition coefficient (Wildman–Crippen LogP) is 1.50. The van der Waals surface area contributed by atoms with Crippen LogP contribution in [0.3, 0.4) is 0 Å². The molecule has 1 aliphatic rings. The van der Waals surface area contributed by atoms with E-state index in [1.54, 1.807) is 32.6 Å². The number of aromatic carboxylic acids is 1. The van der Waals surface area contributed by atoms with Crippen molar-refractivity contribution in [1.82, 2.24) is 19.0 Å². The lowest BCUT2D eigenvalue weighted by atomic mass is 10.2. The van der Waals surface area contributed by atoms with Gasteiger partial charge in [-0.1, -0.05) is 5.92 Å². The van der Waals surface area contributed by atoms with E-state index in [2.05, 4.69) is 16.8 Å². The van der Waals surface area contributed by atoms with Gasteiger partial charge in [-0.15, -0.1) is 5.92 Å². The average Bonchev–Trinajstić information content (AvgIpc) is 3.09. The van der Waals surface area contributed by atoms with Gasteiger partial charge in [0.15, 0.2) is 0 Å². The lowest BCUT2D eigenvalue weighted by Gasteiger charge is -2.36. The molecule has 1 fully saturated rings. The van der Waals surface area contributed by atoms with Crippen LogP contribution >= 0.6 is 0 Å². The van der Waals surface area contributed by atoms with Gasteiger partial charge in [-0.05, 0) is 33.8 Å². The molecule has 1 amide bonds. The van der Waals surface area contributed by atoms with Crippen LogP contribution in [0.15, 0.2) is 10.9 Å². The van der Waals surface area contributed by atoms with Crippen molar-refractivity contribution in [2.24, 2.45) is 0 Å². The summed E-state index contributed by atoms with van der Waals surface area (Å²) in [7, 11) is 0. The van der Waals surface area contributed by atoms with Gasteiger partial charge in [-0.2, -0.15) is 0 Å². The number of fused-ring (bicyclic) bond motifs is 1. The summed E-state index contributed by atoms with van der Waals surface area (Å²) in [6.45, 7) is 8.47. The van der Waals surface area contributed by atoms with E-state index in [4.69, 9.17) is 4.74 Å². The molecule has 0 unspecified atom stereocenters. The van der Waals surface area contributed by atoms with Crippen LogP contribution in [0, 0.1) is 11.8 Å². The number of carboxylic acids is 1. The number of nitrogens with zero attached hydrogens (tertiary/aromatic N) is 5. The largest absolute Gasteiger partial charge is 0.477 e. The normalized spacial score (nSPS) is 14.1. The van der Waals surface area contributed by atoms with Crippen LogP contribution in [-0.4, -0.2) is 79.2 Å². The van der Waals surface area contributed by atoms with E-state index in [-0.39, 0.29) is 22.1 Å². The number of imidazole rings is 1. The fourth-order valence-electron chi connectivity index (χ4n) is 3.51. The zero-order valence-electron chi connectivity index (χ0n) is 18.8. The summed E-state index contributed by atoms with van der Waals surface area (Å²) in [5.41, 5.74) is -2.34. The van der Waals surface area contributed by atoms with Gasteiger partial charge in [0.05, 0.1) is 12.1 Å². The highest BCUT2D eigenvalue weighted by Crippen LogP contribution is 2.23. The van der Waals surface area contributed by atoms with Gasteiger partial charge in [0.2, 0.25) is 5.95 Å². The molecule has 2 aromatic rings. The summed E-state index contributed by atoms with van der Waals surface area (Å²) in [5.74, 6) is 4.34. The molecule has 1 saturated heterocycles. The van der Waals surface area contributed by atoms with E-state index < -0.39 is 35.0 Å². The van der Waals surface area contributed by atoms with E-state index in [9.17, 15) is 29.4 Å². The monoisotopic (exact) mass is 459 g/mol. The number of anilines is 1. The maximum absolute atomic E-state index is 13.0. The molecule has 3 heterocycles. The van der Waals surface area contributed by atoms with Crippen molar-refractivity contribution in [3.63, 3.8) is 0 Å². The highest BCUT2D eigenvalue weighted by molar-refractivity contribution is 5.94. The summed E-state index contributed by atoms with van der Waals surface area (Å²) in [6.07, 6.45) is -2.14. The Bertz CT molecular complexity index is 1230. The van der Waals surface area contributed by atoms with Crippen LogP contribution in [0.5, 0.6) is 0 Å². The minimum Gasteiger partial charge on any atom is -0.477 e. The lowest BCUT2D eigenvalue weighted by Crippen LogP contribution is -2.50. The number of carboxylic acid groups (broad SMARTS) is 2. The molecule has 2 N–H and O–H groups in total. The van der Waals surface area contributed by atoms with Gasteiger partial charge < -0.3 is 24.7 Å². The smallest absolute Gasteiger partial charge is 0.419 e. The number of carbonyl (C=O) groups is 3. The molecule has 12 nitrogen and oxygen atoms in total. The molecule has 0 aromatic carbocycles. The molecule has 0 bridgehead atoms. The first kappa shape index (κ1) is 23.6. The van der Waals surface area contributed by atoms with Gasteiger partial charge in [-0.25, -0.2) is 23.9 Å². The third-order valence-corrected chi connectivity index (χ3v) is 4.93. The summed E-state index contributed by atoms with van der Waals surface area (Å²) >= 11 is 0. The van der Waals surface area contributed by atoms with E-state index in [0.717, 1.165) is 6.07 Å². The molecule has 1 aliphatic heterocycles. The number of aromatic nitrogens is 3. The lowest BCUT2D eigenvalue weighted by molar-refractivity contribution is 0.0239. The second-order valence-electron chi connectivity index (χ2n) is 8.37. The Hall–Kier alpha value is -4.01. The second kappa shape index (κ2) is 8.85. The van der Waals surface area contributed by atoms with Gasteiger partial charge >= 0.3 is 18.2 Å². The predicted molar refractivity (Wildman–Crippen MR) is 118 cm³/mol. The van der Waals surface area contributed by atoms with E-state index in [0.29, 0.717) is 32.1 Å². The Morgan fingerprint density at radius 2 is 1.79 bits per heavy atom. The third-order valence-electron chi connectivity index (χ3n) is 4.93. The number of piperazine rings is 1. The van der Waals surface area contributed by atoms with Gasteiger partial charge in [-0.3, -0.25) is 9.36 Å². The molecule has 0 spiro atoms. The SMILES string of the molecule is CC#CCn1c(N2CCN(C(=O)OC(C)(C)C)CC2)nc2cc(C(=O)O)n(C(=O)O)c(=O)c21. The first-order valence-electron chi connectivity index (χ1n) is 10.2. The van der Waals surface area contributed by atoms with Crippen LogP contribution in [0.1, 0.15) is 38.2 Å². The topological polar surface area (TPSA) is 147 Å². The first-order valence-corrected chi connectivity index (χ1v) is 10.2. The van der Waals surface area contributed by atoms with Crippen LogP contribution in [0.4, 0.5) is 15.5 Å². The Labute approximate surface area is 189 Å². The van der Waals surface area contributed by atoms with Crippen LogP contribution in [-0.2, 0) is 11.3 Å². The van der Waals surface area contributed by atoms with Crippen molar-refractivity contribution < 1.29 is 29.3 Å². The minimum absolute atomic E-state index is 0.0515. The molecule has 176 valence electrons. The summed E-state index contributed by atoms with van der Waals surface area (Å²) < 4.78 is 7.07. The number of hydrogen-bond acceptors (Lipinski definition) is 7. The molecule has 12 heteroatoms. The summed E-state index contributed by atoms with van der Waals surface area (Å²) in [5, 5.41) is 18.8. The number of amides is 1. The van der Waals surface area contributed by atoms with Crippen LogP contribution in [0.25, 0.3) is 11.0 Å². The molecular formula is C21H25N5O7. The Balaban J connectivity index is 2.03.